The number of carbonyl (C=O) groups excluding carboxylic acids is 3. The molecular formula is C23H22F9N5O3. The average Bonchev–Trinajstić information content (AvgIpc) is 3.63. The van der Waals surface area contributed by atoms with E-state index in [9.17, 15) is 49.1 Å². The van der Waals surface area contributed by atoms with Gasteiger partial charge < -0.3 is 20.5 Å². The van der Waals surface area contributed by atoms with Crippen molar-refractivity contribution < 1.29 is 53.9 Å². The molecule has 1 saturated carbocycles. The molecule has 1 aliphatic carbocycles. The Balaban J connectivity index is 0.000000663. The average molecular weight is 587 g/mol. The van der Waals surface area contributed by atoms with E-state index in [4.69, 9.17) is 10.5 Å². The van der Waals surface area contributed by atoms with E-state index in [1.54, 1.807) is 0 Å². The molecule has 3 N–H and O–H groups in total. The summed E-state index contributed by atoms with van der Waals surface area (Å²) in [5, 5.41) is 1.92. The van der Waals surface area contributed by atoms with Crippen molar-refractivity contribution in [3.63, 3.8) is 0 Å². The van der Waals surface area contributed by atoms with Crippen LogP contribution < -0.4 is 11.1 Å². The molecule has 220 valence electrons. The molecule has 2 amide bonds. The highest BCUT2D eigenvalue weighted by Crippen LogP contribution is 2.44. The Kier molecular flexibility index (Phi) is 9.16. The fourth-order valence-electron chi connectivity index (χ4n) is 3.94. The van der Waals surface area contributed by atoms with Crippen LogP contribution in [-0.2, 0) is 33.9 Å². The van der Waals surface area contributed by atoms with E-state index in [0.717, 1.165) is 12.8 Å². The molecule has 1 atom stereocenters. The quantitative estimate of drug-likeness (QED) is 0.304. The number of hydrogen-bond acceptors (Lipinski definition) is 5. The van der Waals surface area contributed by atoms with E-state index in [1.807, 2.05) is 5.32 Å². The van der Waals surface area contributed by atoms with Gasteiger partial charge in [-0.15, -0.1) is 0 Å². The Hall–Kier alpha value is -3.63. The van der Waals surface area contributed by atoms with Gasteiger partial charge in [0.15, 0.2) is 11.6 Å². The molecule has 0 spiro atoms. The van der Waals surface area contributed by atoms with Gasteiger partial charge in [0.1, 0.15) is 17.5 Å². The summed E-state index contributed by atoms with van der Waals surface area (Å²) in [6, 6.07) is 0.233. The number of halogens is 9. The largest absolute Gasteiger partial charge is 0.471 e. The van der Waals surface area contributed by atoms with Gasteiger partial charge in [-0.3, -0.25) is 14.4 Å². The van der Waals surface area contributed by atoms with Crippen LogP contribution in [0.1, 0.15) is 42.3 Å². The highest BCUT2D eigenvalue weighted by atomic mass is 19.4. The van der Waals surface area contributed by atoms with Gasteiger partial charge in [-0.2, -0.15) is 26.3 Å². The number of aromatic nitrogens is 2. The van der Waals surface area contributed by atoms with Gasteiger partial charge in [0.05, 0.1) is 12.2 Å². The lowest BCUT2D eigenvalue weighted by Gasteiger charge is -2.29. The van der Waals surface area contributed by atoms with Crippen LogP contribution in [0.4, 0.5) is 45.3 Å². The molecule has 1 aliphatic heterocycles. The third kappa shape index (κ3) is 7.95. The van der Waals surface area contributed by atoms with Crippen molar-refractivity contribution >= 4 is 23.9 Å². The number of amides is 2. The second kappa shape index (κ2) is 11.9. The summed E-state index contributed by atoms with van der Waals surface area (Å²) in [4.78, 5) is 38.7. The predicted octanol–water partition coefficient (Wildman–Crippen LogP) is 3.73. The number of alkyl halides is 6. The minimum Gasteiger partial charge on any atom is -0.333 e. The number of hydrogen-bond donors (Lipinski definition) is 2. The van der Waals surface area contributed by atoms with Crippen LogP contribution in [-0.4, -0.2) is 57.5 Å². The molecule has 1 aromatic heterocycles. The minimum absolute atomic E-state index is 0.00237. The second-order valence-electron chi connectivity index (χ2n) is 9.14. The summed E-state index contributed by atoms with van der Waals surface area (Å²) in [6.07, 6.45) is -9.69. The highest BCUT2D eigenvalue weighted by molar-refractivity contribution is 5.95. The summed E-state index contributed by atoms with van der Waals surface area (Å²) < 4.78 is 111. The number of aldehydes is 1. The van der Waals surface area contributed by atoms with Crippen LogP contribution in [0.3, 0.4) is 0 Å². The van der Waals surface area contributed by atoms with E-state index in [2.05, 4.69) is 4.98 Å². The van der Waals surface area contributed by atoms with Gasteiger partial charge in [-0.05, 0) is 30.9 Å². The Morgan fingerprint density at radius 1 is 1.05 bits per heavy atom. The summed E-state index contributed by atoms with van der Waals surface area (Å²) in [5.74, 6) is -5.74. The van der Waals surface area contributed by atoms with Crippen LogP contribution in [0.5, 0.6) is 0 Å². The van der Waals surface area contributed by atoms with Crippen molar-refractivity contribution in [1.82, 2.24) is 14.5 Å². The molecule has 17 heteroatoms. The SMILES string of the molecule is N[C@@H](CC(=O)N1CCn2c(nc(C3CC3)c2NC(=O)C(F)(F)F)C1)Cc1cc(F)c(F)cc1F.O=CC(F)(F)F. The van der Waals surface area contributed by atoms with Crippen LogP contribution in [0.25, 0.3) is 0 Å². The molecular weight excluding hydrogens is 565 g/mol. The lowest BCUT2D eigenvalue weighted by molar-refractivity contribution is -0.167. The first-order valence-corrected chi connectivity index (χ1v) is 11.7. The Bertz CT molecular complexity index is 1270. The molecule has 2 aromatic rings. The number of fused-ring (bicyclic) bond motifs is 1. The van der Waals surface area contributed by atoms with E-state index >= 15 is 0 Å². The van der Waals surface area contributed by atoms with Crippen LogP contribution in [0.15, 0.2) is 12.1 Å². The van der Waals surface area contributed by atoms with Crippen molar-refractivity contribution in [2.24, 2.45) is 5.73 Å². The Labute approximate surface area is 220 Å². The lowest BCUT2D eigenvalue weighted by atomic mass is 10.0. The lowest BCUT2D eigenvalue weighted by Crippen LogP contribution is -2.42. The van der Waals surface area contributed by atoms with Gasteiger partial charge in [-0.1, -0.05) is 0 Å². The Morgan fingerprint density at radius 2 is 1.65 bits per heavy atom. The fraction of sp³-hybridized carbons (Fsp3) is 0.478. The zero-order chi connectivity index (χ0) is 30.0. The van der Waals surface area contributed by atoms with Crippen LogP contribution >= 0.6 is 0 Å². The number of rotatable bonds is 6. The van der Waals surface area contributed by atoms with Crippen molar-refractivity contribution in [2.75, 3.05) is 11.9 Å². The molecule has 8 nitrogen and oxygen atoms in total. The summed E-state index contributed by atoms with van der Waals surface area (Å²) in [6.45, 7) is 0.238. The maximum absolute atomic E-state index is 13.9. The standard InChI is InChI=1S/C21H21F6N5O2.C2HF3O/c22-13-8-15(24)14(23)6-11(13)5-12(28)7-17(33)31-3-4-32-16(9-31)29-18(10-1-2-10)19(32)30-20(34)21(25,26)27;3-2(4,5)1-6/h6,8,10,12H,1-5,7,9,28H2,(H,30,34);1H/t12-;/m1./s1. The van der Waals surface area contributed by atoms with Gasteiger partial charge in [0, 0.05) is 37.5 Å². The molecule has 4 rings (SSSR count). The first kappa shape index (κ1) is 30.9. The first-order valence-electron chi connectivity index (χ1n) is 11.7. The third-order valence-electron chi connectivity index (χ3n) is 5.95. The maximum Gasteiger partial charge on any atom is 0.471 e. The van der Waals surface area contributed by atoms with Crippen LogP contribution in [0.2, 0.25) is 0 Å². The molecule has 1 fully saturated rings. The van der Waals surface area contributed by atoms with E-state index in [-0.39, 0.29) is 49.8 Å². The van der Waals surface area contributed by atoms with Crippen molar-refractivity contribution in [1.29, 1.82) is 0 Å². The van der Waals surface area contributed by atoms with E-state index in [0.29, 0.717) is 23.7 Å². The normalized spacial score (nSPS) is 16.0. The number of nitrogens with one attached hydrogen (secondary N) is 1. The van der Waals surface area contributed by atoms with Gasteiger partial charge in [0.25, 0.3) is 0 Å². The number of carbonyl (C=O) groups is 3. The fourth-order valence-corrected chi connectivity index (χ4v) is 3.94. The molecule has 0 bridgehead atoms. The molecule has 0 saturated heterocycles. The van der Waals surface area contributed by atoms with E-state index < -0.39 is 53.9 Å². The van der Waals surface area contributed by atoms with Crippen LogP contribution in [0, 0.1) is 17.5 Å². The summed E-state index contributed by atoms with van der Waals surface area (Å²) in [5.41, 5.74) is 6.14. The zero-order valence-corrected chi connectivity index (χ0v) is 20.4. The van der Waals surface area contributed by atoms with Crippen molar-refractivity contribution in [3.05, 3.63) is 46.7 Å². The molecule has 0 radical (unpaired) electrons. The number of benzene rings is 1. The third-order valence-corrected chi connectivity index (χ3v) is 5.95. The Morgan fingerprint density at radius 3 is 2.20 bits per heavy atom. The topological polar surface area (TPSA) is 110 Å². The summed E-state index contributed by atoms with van der Waals surface area (Å²) >= 11 is 0. The molecule has 2 heterocycles. The maximum atomic E-state index is 13.9. The number of nitrogens with zero attached hydrogens (tertiary/aromatic N) is 3. The second-order valence-corrected chi connectivity index (χ2v) is 9.14. The van der Waals surface area contributed by atoms with Gasteiger partial charge in [-0.25, -0.2) is 18.2 Å². The van der Waals surface area contributed by atoms with Gasteiger partial charge >= 0.3 is 18.3 Å². The first-order chi connectivity index (χ1) is 18.5. The molecule has 40 heavy (non-hydrogen) atoms. The molecule has 1 aromatic carbocycles. The van der Waals surface area contributed by atoms with Crippen molar-refractivity contribution in [3.8, 4) is 0 Å². The number of anilines is 1. The predicted molar refractivity (Wildman–Crippen MR) is 119 cm³/mol. The number of imidazole rings is 1. The summed E-state index contributed by atoms with van der Waals surface area (Å²) in [7, 11) is 0. The molecule has 2 aliphatic rings. The molecule has 0 unspecified atom stereocenters. The monoisotopic (exact) mass is 587 g/mol. The highest BCUT2D eigenvalue weighted by Gasteiger charge is 2.42. The zero-order valence-electron chi connectivity index (χ0n) is 20.4. The van der Waals surface area contributed by atoms with Crippen molar-refractivity contribution in [2.45, 2.75) is 63.1 Å². The van der Waals surface area contributed by atoms with E-state index in [1.165, 1.54) is 9.47 Å². The van der Waals surface area contributed by atoms with Gasteiger partial charge in [0.2, 0.25) is 12.2 Å². The minimum atomic E-state index is -5.05. The number of nitrogens with two attached hydrogens (primary N) is 1. The smallest absolute Gasteiger partial charge is 0.333 e.